The lowest BCUT2D eigenvalue weighted by Gasteiger charge is -2.09. The summed E-state index contributed by atoms with van der Waals surface area (Å²) in [5.74, 6) is -0.179. The Balaban J connectivity index is 2.77. The molecule has 0 aliphatic rings. The molecule has 0 saturated heterocycles. The largest absolute Gasteiger partial charge is 0.311 e. The Labute approximate surface area is 97.4 Å². The van der Waals surface area contributed by atoms with Gasteiger partial charge in [-0.1, -0.05) is 31.6 Å². The molecule has 1 aromatic rings. The molecule has 0 aromatic heterocycles. The predicted octanol–water partition coefficient (Wildman–Crippen LogP) is 3.54. The molecule has 0 amide bonds. The van der Waals surface area contributed by atoms with Crippen LogP contribution < -0.4 is 5.32 Å². The fraction of sp³-hybridized carbons (Fsp3) is 0.429. The zero-order valence-electron chi connectivity index (χ0n) is 10.5. The van der Waals surface area contributed by atoms with Gasteiger partial charge in [0.25, 0.3) is 0 Å². The fourth-order valence-corrected chi connectivity index (χ4v) is 1.45. The van der Waals surface area contributed by atoms with E-state index in [9.17, 15) is 4.39 Å². The van der Waals surface area contributed by atoms with E-state index in [2.05, 4.69) is 26.1 Å². The zero-order valence-corrected chi connectivity index (χ0v) is 10.5. The van der Waals surface area contributed by atoms with Gasteiger partial charge in [-0.15, -0.1) is 0 Å². The third-order valence-electron chi connectivity index (χ3n) is 2.43. The summed E-state index contributed by atoms with van der Waals surface area (Å²) >= 11 is 0. The van der Waals surface area contributed by atoms with Crippen molar-refractivity contribution in [1.82, 2.24) is 5.32 Å². The van der Waals surface area contributed by atoms with Gasteiger partial charge in [-0.05, 0) is 37.1 Å². The van der Waals surface area contributed by atoms with Crippen LogP contribution in [-0.2, 0) is 0 Å². The highest BCUT2D eigenvalue weighted by Crippen LogP contribution is 2.13. The highest BCUT2D eigenvalue weighted by Gasteiger charge is 1.99. The minimum Gasteiger partial charge on any atom is -0.311 e. The van der Waals surface area contributed by atoms with Gasteiger partial charge in [0.15, 0.2) is 0 Å². The summed E-state index contributed by atoms with van der Waals surface area (Å²) in [5.41, 5.74) is 3.27. The molecule has 0 bridgehead atoms. The third-order valence-corrected chi connectivity index (χ3v) is 2.43. The van der Waals surface area contributed by atoms with Gasteiger partial charge in [0.1, 0.15) is 5.82 Å². The lowest BCUT2D eigenvalue weighted by atomic mass is 10.1. The summed E-state index contributed by atoms with van der Waals surface area (Å²) in [6, 6.07) is 5.35. The predicted molar refractivity (Wildman–Crippen MR) is 67.9 cm³/mol. The van der Waals surface area contributed by atoms with E-state index >= 15 is 0 Å². The van der Waals surface area contributed by atoms with Crippen LogP contribution in [0.5, 0.6) is 0 Å². The van der Waals surface area contributed by atoms with Gasteiger partial charge in [0, 0.05) is 12.6 Å². The Morgan fingerprint density at radius 3 is 2.75 bits per heavy atom. The first-order chi connectivity index (χ1) is 7.49. The second-order valence-electron chi connectivity index (χ2n) is 4.53. The third kappa shape index (κ3) is 4.15. The topological polar surface area (TPSA) is 12.0 Å². The summed E-state index contributed by atoms with van der Waals surface area (Å²) in [6.45, 7) is 9.11. The molecule has 1 aromatic carbocycles. The first-order valence-corrected chi connectivity index (χ1v) is 5.65. The Morgan fingerprint density at radius 1 is 1.44 bits per heavy atom. The van der Waals surface area contributed by atoms with E-state index in [1.807, 2.05) is 19.1 Å². The van der Waals surface area contributed by atoms with Crippen molar-refractivity contribution in [2.75, 3.05) is 6.54 Å². The molecule has 0 aliphatic heterocycles. The molecule has 0 heterocycles. The zero-order chi connectivity index (χ0) is 12.1. The summed E-state index contributed by atoms with van der Waals surface area (Å²) in [4.78, 5) is 0. The van der Waals surface area contributed by atoms with E-state index in [-0.39, 0.29) is 5.82 Å². The molecule has 0 spiro atoms. The van der Waals surface area contributed by atoms with E-state index in [1.165, 1.54) is 11.6 Å². The SMILES string of the molecule is C/C(=C\c1cc(F)ccc1C)CNC(C)C. The van der Waals surface area contributed by atoms with Crippen molar-refractivity contribution in [2.24, 2.45) is 0 Å². The molecule has 0 radical (unpaired) electrons. The van der Waals surface area contributed by atoms with Crippen LogP contribution >= 0.6 is 0 Å². The van der Waals surface area contributed by atoms with Crippen molar-refractivity contribution >= 4 is 6.08 Å². The average Bonchev–Trinajstić information content (AvgIpc) is 2.20. The summed E-state index contributed by atoms with van der Waals surface area (Å²) < 4.78 is 13.1. The lowest BCUT2D eigenvalue weighted by molar-refractivity contribution is 0.622. The molecular formula is C14H20FN. The summed E-state index contributed by atoms with van der Waals surface area (Å²) in [5, 5.41) is 3.34. The van der Waals surface area contributed by atoms with Crippen molar-refractivity contribution in [3.05, 3.63) is 40.7 Å². The minimum absolute atomic E-state index is 0.179. The lowest BCUT2D eigenvalue weighted by Crippen LogP contribution is -2.24. The van der Waals surface area contributed by atoms with Gasteiger partial charge in [-0.3, -0.25) is 0 Å². The Kier molecular flexibility index (Phi) is 4.69. The highest BCUT2D eigenvalue weighted by atomic mass is 19.1. The minimum atomic E-state index is -0.179. The van der Waals surface area contributed by atoms with Crippen LogP contribution in [-0.4, -0.2) is 12.6 Å². The summed E-state index contributed by atoms with van der Waals surface area (Å²) in [6.07, 6.45) is 2.04. The Bertz CT molecular complexity index is 380. The van der Waals surface area contributed by atoms with Gasteiger partial charge < -0.3 is 5.32 Å². The molecule has 2 heteroatoms. The molecule has 1 nitrogen and oxygen atoms in total. The number of rotatable bonds is 4. The van der Waals surface area contributed by atoms with Crippen molar-refractivity contribution < 1.29 is 4.39 Å². The van der Waals surface area contributed by atoms with E-state index in [0.717, 1.165) is 17.7 Å². The second kappa shape index (κ2) is 5.80. The maximum Gasteiger partial charge on any atom is 0.123 e. The van der Waals surface area contributed by atoms with Crippen LogP contribution in [0.2, 0.25) is 0 Å². The highest BCUT2D eigenvalue weighted by molar-refractivity contribution is 5.56. The first kappa shape index (κ1) is 12.9. The summed E-state index contributed by atoms with van der Waals surface area (Å²) in [7, 11) is 0. The van der Waals surface area contributed by atoms with E-state index in [4.69, 9.17) is 0 Å². The van der Waals surface area contributed by atoms with Gasteiger partial charge in [-0.2, -0.15) is 0 Å². The smallest absolute Gasteiger partial charge is 0.123 e. The van der Waals surface area contributed by atoms with E-state index < -0.39 is 0 Å². The Hall–Kier alpha value is -1.15. The number of benzene rings is 1. The number of hydrogen-bond acceptors (Lipinski definition) is 1. The van der Waals surface area contributed by atoms with Gasteiger partial charge in [0.2, 0.25) is 0 Å². The second-order valence-corrected chi connectivity index (χ2v) is 4.53. The molecular weight excluding hydrogens is 201 g/mol. The molecule has 0 unspecified atom stereocenters. The molecule has 1 rings (SSSR count). The molecule has 1 N–H and O–H groups in total. The fourth-order valence-electron chi connectivity index (χ4n) is 1.45. The maximum atomic E-state index is 13.1. The van der Waals surface area contributed by atoms with Crippen LogP contribution in [0, 0.1) is 12.7 Å². The van der Waals surface area contributed by atoms with E-state index in [0.29, 0.717) is 6.04 Å². The van der Waals surface area contributed by atoms with Gasteiger partial charge in [0.05, 0.1) is 0 Å². The quantitative estimate of drug-likeness (QED) is 0.820. The molecule has 0 saturated carbocycles. The van der Waals surface area contributed by atoms with Crippen LogP contribution in [0.25, 0.3) is 6.08 Å². The van der Waals surface area contributed by atoms with E-state index in [1.54, 1.807) is 6.07 Å². The number of hydrogen-bond donors (Lipinski definition) is 1. The first-order valence-electron chi connectivity index (χ1n) is 5.65. The number of halogens is 1. The standard InChI is InChI=1S/C14H20FN/c1-10(2)16-9-11(3)7-13-8-14(15)6-5-12(13)4/h5-8,10,16H,9H2,1-4H3/b11-7+. The van der Waals surface area contributed by atoms with Crippen LogP contribution in [0.1, 0.15) is 31.9 Å². The molecule has 88 valence electrons. The molecule has 0 aliphatic carbocycles. The molecule has 0 atom stereocenters. The van der Waals surface area contributed by atoms with Crippen molar-refractivity contribution in [3.8, 4) is 0 Å². The van der Waals surface area contributed by atoms with Gasteiger partial charge >= 0.3 is 0 Å². The Morgan fingerprint density at radius 2 is 2.12 bits per heavy atom. The monoisotopic (exact) mass is 221 g/mol. The van der Waals surface area contributed by atoms with Crippen LogP contribution in [0.3, 0.4) is 0 Å². The van der Waals surface area contributed by atoms with Crippen molar-refractivity contribution in [2.45, 2.75) is 33.7 Å². The van der Waals surface area contributed by atoms with Crippen LogP contribution in [0.4, 0.5) is 4.39 Å². The van der Waals surface area contributed by atoms with Crippen LogP contribution in [0.15, 0.2) is 23.8 Å². The maximum absolute atomic E-state index is 13.1. The number of aryl methyl sites for hydroxylation is 1. The number of nitrogens with one attached hydrogen (secondary N) is 1. The molecule has 0 fully saturated rings. The van der Waals surface area contributed by atoms with Crippen molar-refractivity contribution in [1.29, 1.82) is 0 Å². The van der Waals surface area contributed by atoms with Gasteiger partial charge in [-0.25, -0.2) is 4.39 Å². The van der Waals surface area contributed by atoms with Crippen molar-refractivity contribution in [3.63, 3.8) is 0 Å². The average molecular weight is 221 g/mol. The normalized spacial score (nSPS) is 12.2. The molecule has 16 heavy (non-hydrogen) atoms.